The van der Waals surface area contributed by atoms with Gasteiger partial charge in [0.15, 0.2) is 0 Å². The van der Waals surface area contributed by atoms with E-state index < -0.39 is 18.0 Å². The van der Waals surface area contributed by atoms with Gasteiger partial charge in [0.2, 0.25) is 5.91 Å². The van der Waals surface area contributed by atoms with E-state index in [-0.39, 0.29) is 25.2 Å². The van der Waals surface area contributed by atoms with Crippen molar-refractivity contribution in [2.24, 2.45) is 0 Å². The molecule has 0 aromatic carbocycles. The lowest BCUT2D eigenvalue weighted by Gasteiger charge is -2.11. The number of carboxylic acid groups (broad SMARTS) is 2. The van der Waals surface area contributed by atoms with Gasteiger partial charge >= 0.3 is 11.9 Å². The average Bonchev–Trinajstić information content (AvgIpc) is 2.59. The van der Waals surface area contributed by atoms with Crippen LogP contribution in [0.3, 0.4) is 0 Å². The van der Waals surface area contributed by atoms with E-state index in [4.69, 9.17) is 10.2 Å². The summed E-state index contributed by atoms with van der Waals surface area (Å²) in [6.07, 6.45) is 11.4. The number of aliphatic carboxylic acids is 2. The van der Waals surface area contributed by atoms with Crippen molar-refractivity contribution < 1.29 is 29.4 Å². The van der Waals surface area contributed by atoms with Crippen LogP contribution in [-0.4, -0.2) is 40.4 Å². The smallest absolute Gasteiger partial charge is 0.303 e. The normalized spacial score (nSPS) is 11.7. The largest absolute Gasteiger partial charge is 0.481 e. The molecule has 0 aromatic heterocycles. The molecule has 150 valence electrons. The molecule has 0 spiro atoms. The Morgan fingerprint density at radius 1 is 0.692 bits per heavy atom. The maximum absolute atomic E-state index is 11.7. The summed E-state index contributed by atoms with van der Waals surface area (Å²) in [7, 11) is 0. The van der Waals surface area contributed by atoms with Gasteiger partial charge in [-0.2, -0.15) is 0 Å². The summed E-state index contributed by atoms with van der Waals surface area (Å²) in [6.45, 7) is 0. The zero-order valence-electron chi connectivity index (χ0n) is 15.6. The Labute approximate surface area is 155 Å². The molecule has 3 N–H and O–H groups in total. The van der Waals surface area contributed by atoms with E-state index in [1.165, 1.54) is 0 Å². The molecule has 0 fully saturated rings. The third-order valence-corrected chi connectivity index (χ3v) is 4.22. The topological polar surface area (TPSA) is 121 Å². The predicted molar refractivity (Wildman–Crippen MR) is 97.9 cm³/mol. The van der Waals surface area contributed by atoms with Gasteiger partial charge in [0.25, 0.3) is 0 Å². The lowest BCUT2D eigenvalue weighted by atomic mass is 10.0. The SMILES string of the molecule is O=C[C@H](CCC(=O)O)NC(=O)CCCCCCCCCCCCC(=O)O. The fraction of sp³-hybridized carbons (Fsp3) is 0.789. The molecule has 0 radical (unpaired) electrons. The molecular formula is C19H33NO6. The summed E-state index contributed by atoms with van der Waals surface area (Å²) in [6, 6.07) is -0.714. The minimum absolute atomic E-state index is 0.126. The van der Waals surface area contributed by atoms with Crippen LogP contribution in [-0.2, 0) is 19.2 Å². The van der Waals surface area contributed by atoms with Crippen molar-refractivity contribution in [3.8, 4) is 0 Å². The summed E-state index contributed by atoms with van der Waals surface area (Å²) in [5, 5.41) is 19.7. The van der Waals surface area contributed by atoms with E-state index in [0.717, 1.165) is 64.2 Å². The highest BCUT2D eigenvalue weighted by Gasteiger charge is 2.12. The Morgan fingerprint density at radius 3 is 1.54 bits per heavy atom. The van der Waals surface area contributed by atoms with Crippen LogP contribution in [0, 0.1) is 0 Å². The van der Waals surface area contributed by atoms with Crippen LogP contribution < -0.4 is 5.32 Å². The van der Waals surface area contributed by atoms with Crippen LogP contribution in [0.2, 0.25) is 0 Å². The van der Waals surface area contributed by atoms with Gasteiger partial charge in [-0.15, -0.1) is 0 Å². The van der Waals surface area contributed by atoms with E-state index in [9.17, 15) is 19.2 Å². The number of rotatable bonds is 18. The van der Waals surface area contributed by atoms with Crippen LogP contribution >= 0.6 is 0 Å². The number of carboxylic acids is 2. The van der Waals surface area contributed by atoms with E-state index >= 15 is 0 Å². The van der Waals surface area contributed by atoms with Gasteiger partial charge in [-0.1, -0.05) is 51.4 Å². The van der Waals surface area contributed by atoms with Gasteiger partial charge < -0.3 is 20.3 Å². The number of carbonyl (C=O) groups is 4. The van der Waals surface area contributed by atoms with Crippen molar-refractivity contribution in [3.63, 3.8) is 0 Å². The molecule has 0 saturated heterocycles. The Balaban J connectivity index is 3.43. The monoisotopic (exact) mass is 371 g/mol. The second-order valence-electron chi connectivity index (χ2n) is 6.67. The number of carbonyl (C=O) groups excluding carboxylic acids is 2. The van der Waals surface area contributed by atoms with Gasteiger partial charge in [-0.3, -0.25) is 14.4 Å². The highest BCUT2D eigenvalue weighted by molar-refractivity contribution is 5.79. The summed E-state index contributed by atoms with van der Waals surface area (Å²) in [4.78, 5) is 43.3. The highest BCUT2D eigenvalue weighted by Crippen LogP contribution is 2.12. The minimum Gasteiger partial charge on any atom is -0.481 e. The molecule has 0 aliphatic carbocycles. The van der Waals surface area contributed by atoms with Crippen LogP contribution in [0.15, 0.2) is 0 Å². The number of hydrogen-bond acceptors (Lipinski definition) is 4. The number of aldehydes is 1. The zero-order valence-corrected chi connectivity index (χ0v) is 15.6. The van der Waals surface area contributed by atoms with Crippen LogP contribution in [0.5, 0.6) is 0 Å². The minimum atomic E-state index is -0.980. The number of unbranched alkanes of at least 4 members (excludes halogenated alkanes) is 9. The number of nitrogens with one attached hydrogen (secondary N) is 1. The fourth-order valence-electron chi connectivity index (χ4n) is 2.71. The molecule has 0 rings (SSSR count). The summed E-state index contributed by atoms with van der Waals surface area (Å²) >= 11 is 0. The molecule has 0 aliphatic rings. The zero-order chi connectivity index (χ0) is 19.6. The summed E-state index contributed by atoms with van der Waals surface area (Å²) in [5.74, 6) is -1.90. The van der Waals surface area contributed by atoms with Crippen LogP contribution in [0.1, 0.15) is 89.9 Å². The van der Waals surface area contributed by atoms with Gasteiger partial charge in [-0.05, 0) is 19.3 Å². The third kappa shape index (κ3) is 16.9. The van der Waals surface area contributed by atoms with Crippen LogP contribution in [0.4, 0.5) is 0 Å². The van der Waals surface area contributed by atoms with Crippen molar-refractivity contribution in [1.82, 2.24) is 5.32 Å². The van der Waals surface area contributed by atoms with Crippen molar-refractivity contribution in [1.29, 1.82) is 0 Å². The molecule has 0 aliphatic heterocycles. The molecule has 7 nitrogen and oxygen atoms in total. The first-order chi connectivity index (χ1) is 12.5. The molecule has 7 heteroatoms. The quantitative estimate of drug-likeness (QED) is 0.251. The molecule has 1 atom stereocenters. The van der Waals surface area contributed by atoms with E-state index in [1.807, 2.05) is 0 Å². The molecule has 26 heavy (non-hydrogen) atoms. The van der Waals surface area contributed by atoms with Gasteiger partial charge in [-0.25, -0.2) is 0 Å². The van der Waals surface area contributed by atoms with E-state index in [2.05, 4.69) is 5.32 Å². The lowest BCUT2D eigenvalue weighted by Crippen LogP contribution is -2.36. The first-order valence-corrected chi connectivity index (χ1v) is 9.64. The molecule has 0 unspecified atom stereocenters. The standard InChI is InChI=1S/C19H33NO6/c21-15-16(13-14-19(25)26)20-17(22)11-9-7-5-3-1-2-4-6-8-10-12-18(23)24/h15-16H,1-14H2,(H,20,22)(H,23,24)(H,25,26)/t16-/m0/s1. The molecule has 1 amide bonds. The first kappa shape index (κ1) is 24.1. The van der Waals surface area contributed by atoms with Crippen LogP contribution in [0.25, 0.3) is 0 Å². The van der Waals surface area contributed by atoms with Gasteiger partial charge in [0, 0.05) is 19.3 Å². The number of hydrogen-bond donors (Lipinski definition) is 3. The fourth-order valence-corrected chi connectivity index (χ4v) is 2.71. The summed E-state index contributed by atoms with van der Waals surface area (Å²) < 4.78 is 0. The average molecular weight is 371 g/mol. The van der Waals surface area contributed by atoms with Crippen molar-refractivity contribution in [3.05, 3.63) is 0 Å². The molecule has 0 aromatic rings. The number of amides is 1. The predicted octanol–water partition coefficient (Wildman–Crippen LogP) is 3.30. The highest BCUT2D eigenvalue weighted by atomic mass is 16.4. The third-order valence-electron chi connectivity index (χ3n) is 4.22. The lowest BCUT2D eigenvalue weighted by molar-refractivity contribution is -0.138. The first-order valence-electron chi connectivity index (χ1n) is 9.64. The van der Waals surface area contributed by atoms with E-state index in [0.29, 0.717) is 12.7 Å². The van der Waals surface area contributed by atoms with Crippen molar-refractivity contribution in [2.45, 2.75) is 95.9 Å². The molecule has 0 heterocycles. The Bertz CT molecular complexity index is 424. The second-order valence-corrected chi connectivity index (χ2v) is 6.67. The van der Waals surface area contributed by atoms with Gasteiger partial charge in [0.05, 0.1) is 6.04 Å². The van der Waals surface area contributed by atoms with E-state index in [1.54, 1.807) is 0 Å². The second kappa shape index (κ2) is 16.5. The maximum atomic E-state index is 11.7. The summed E-state index contributed by atoms with van der Waals surface area (Å²) in [5.41, 5.74) is 0. The Kier molecular flexibility index (Phi) is 15.3. The Hall–Kier alpha value is -1.92. The molecular weight excluding hydrogens is 338 g/mol. The Morgan fingerprint density at radius 2 is 1.12 bits per heavy atom. The molecule has 0 saturated carbocycles. The van der Waals surface area contributed by atoms with Gasteiger partial charge in [0.1, 0.15) is 6.29 Å². The van der Waals surface area contributed by atoms with Crippen molar-refractivity contribution >= 4 is 24.1 Å². The van der Waals surface area contributed by atoms with Crippen molar-refractivity contribution in [2.75, 3.05) is 0 Å². The molecule has 0 bridgehead atoms. The maximum Gasteiger partial charge on any atom is 0.303 e.